The van der Waals surface area contributed by atoms with Crippen molar-refractivity contribution in [1.29, 1.82) is 0 Å². The number of hydrogen-bond acceptors (Lipinski definition) is 6. The first-order valence-electron chi connectivity index (χ1n) is 5.10. The van der Waals surface area contributed by atoms with Crippen LogP contribution in [0.5, 0.6) is 0 Å². The lowest BCUT2D eigenvalue weighted by Gasteiger charge is -2.09. The van der Waals surface area contributed by atoms with Crippen LogP contribution in [0.4, 0.5) is 6.01 Å². The Hall–Kier alpha value is -1.63. The molecule has 0 radical (unpaired) electrons. The molecule has 0 saturated heterocycles. The van der Waals surface area contributed by atoms with Crippen LogP contribution in [0.2, 0.25) is 0 Å². The van der Waals surface area contributed by atoms with E-state index >= 15 is 0 Å². The minimum absolute atomic E-state index is 0.0496. The first kappa shape index (κ1) is 12.4. The lowest BCUT2D eigenvalue weighted by Crippen LogP contribution is -2.28. The fourth-order valence-electron chi connectivity index (χ4n) is 0.938. The Morgan fingerprint density at radius 3 is 2.81 bits per heavy atom. The topological polar surface area (TPSA) is 83.3 Å². The average molecular weight is 227 g/mol. The van der Waals surface area contributed by atoms with E-state index in [4.69, 9.17) is 4.42 Å². The molecule has 1 rings (SSSR count). The van der Waals surface area contributed by atoms with E-state index in [2.05, 4.69) is 20.8 Å². The van der Waals surface area contributed by atoms with Crippen LogP contribution in [0.15, 0.2) is 4.42 Å². The highest BCUT2D eigenvalue weighted by atomic mass is 16.4. The molecule has 0 saturated carbocycles. The molecule has 7 nitrogen and oxygen atoms in total. The number of likely N-dealkylation sites (N-methyl/N-ethyl adjacent to an activating group) is 1. The molecule has 0 unspecified atom stereocenters. The summed E-state index contributed by atoms with van der Waals surface area (Å²) in [4.78, 5) is 12.7. The first-order chi connectivity index (χ1) is 7.63. The van der Waals surface area contributed by atoms with Crippen molar-refractivity contribution in [3.63, 3.8) is 0 Å². The number of hydrogen-bond donors (Lipinski definition) is 2. The number of amides is 1. The summed E-state index contributed by atoms with van der Waals surface area (Å²) in [5.74, 6) is 0.452. The van der Waals surface area contributed by atoms with Crippen molar-refractivity contribution in [2.24, 2.45) is 0 Å². The molecule has 0 aromatic carbocycles. The Balaban J connectivity index is 2.37. The molecule has 1 aromatic heterocycles. The van der Waals surface area contributed by atoms with E-state index in [9.17, 15) is 4.79 Å². The molecule has 0 aliphatic heterocycles. The minimum atomic E-state index is -0.0496. The largest absolute Gasteiger partial charge is 0.407 e. The van der Waals surface area contributed by atoms with Crippen LogP contribution in [-0.2, 0) is 11.3 Å². The summed E-state index contributed by atoms with van der Waals surface area (Å²) >= 11 is 0. The predicted molar refractivity (Wildman–Crippen MR) is 58.9 cm³/mol. The Bertz CT molecular complexity index is 336. The molecular formula is C9H17N5O2. The molecule has 90 valence electrons. The van der Waals surface area contributed by atoms with Crippen molar-refractivity contribution in [3.8, 4) is 0 Å². The van der Waals surface area contributed by atoms with Crippen LogP contribution in [0.3, 0.4) is 0 Å². The van der Waals surface area contributed by atoms with Crippen molar-refractivity contribution in [3.05, 3.63) is 5.89 Å². The maximum Gasteiger partial charge on any atom is 0.315 e. The van der Waals surface area contributed by atoms with Gasteiger partial charge in [0.15, 0.2) is 0 Å². The smallest absolute Gasteiger partial charge is 0.315 e. The Labute approximate surface area is 94.2 Å². The molecule has 0 atom stereocenters. The van der Waals surface area contributed by atoms with E-state index in [-0.39, 0.29) is 18.5 Å². The zero-order chi connectivity index (χ0) is 12.0. The molecular weight excluding hydrogens is 210 g/mol. The van der Waals surface area contributed by atoms with Crippen molar-refractivity contribution < 1.29 is 9.21 Å². The minimum Gasteiger partial charge on any atom is -0.407 e. The van der Waals surface area contributed by atoms with Gasteiger partial charge in [-0.05, 0) is 6.54 Å². The van der Waals surface area contributed by atoms with Gasteiger partial charge in [0.1, 0.15) is 0 Å². The third-order valence-corrected chi connectivity index (χ3v) is 1.88. The van der Waals surface area contributed by atoms with Gasteiger partial charge in [-0.2, -0.15) is 0 Å². The summed E-state index contributed by atoms with van der Waals surface area (Å²) in [5.41, 5.74) is 0. The number of carbonyl (C=O) groups is 1. The second kappa shape index (κ2) is 6.06. The lowest BCUT2D eigenvalue weighted by molar-refractivity contribution is -0.126. The van der Waals surface area contributed by atoms with Gasteiger partial charge in [-0.3, -0.25) is 4.79 Å². The molecule has 0 spiro atoms. The molecule has 7 heteroatoms. The van der Waals surface area contributed by atoms with Gasteiger partial charge in [0.25, 0.3) is 0 Å². The summed E-state index contributed by atoms with van der Waals surface area (Å²) in [5, 5.41) is 13.4. The third-order valence-electron chi connectivity index (χ3n) is 1.88. The Morgan fingerprint density at radius 2 is 2.19 bits per heavy atom. The van der Waals surface area contributed by atoms with E-state index in [1.165, 1.54) is 4.90 Å². The van der Waals surface area contributed by atoms with Gasteiger partial charge in [0.2, 0.25) is 11.8 Å². The number of nitrogens with one attached hydrogen (secondary N) is 2. The Kier molecular flexibility index (Phi) is 4.71. The van der Waals surface area contributed by atoms with Gasteiger partial charge in [-0.15, -0.1) is 5.10 Å². The van der Waals surface area contributed by atoms with Gasteiger partial charge in [0, 0.05) is 14.1 Å². The quantitative estimate of drug-likeness (QED) is 0.693. The number of rotatable bonds is 6. The number of carbonyl (C=O) groups excluding carboxylic acids is 1. The molecule has 16 heavy (non-hydrogen) atoms. The molecule has 0 aliphatic rings. The summed E-state index contributed by atoms with van der Waals surface area (Å²) in [6.07, 6.45) is 0. The highest BCUT2D eigenvalue weighted by Gasteiger charge is 2.08. The van der Waals surface area contributed by atoms with Crippen LogP contribution >= 0.6 is 0 Å². The zero-order valence-corrected chi connectivity index (χ0v) is 9.78. The van der Waals surface area contributed by atoms with Crippen molar-refractivity contribution in [2.45, 2.75) is 13.5 Å². The maximum atomic E-state index is 11.3. The van der Waals surface area contributed by atoms with Crippen LogP contribution < -0.4 is 10.6 Å². The van der Waals surface area contributed by atoms with E-state index in [1.54, 1.807) is 14.1 Å². The van der Waals surface area contributed by atoms with Crippen molar-refractivity contribution in [1.82, 2.24) is 20.4 Å². The normalized spacial score (nSPS) is 10.2. The van der Waals surface area contributed by atoms with E-state index < -0.39 is 0 Å². The molecule has 0 bridgehead atoms. The van der Waals surface area contributed by atoms with E-state index in [1.807, 2.05) is 6.92 Å². The second-order valence-corrected chi connectivity index (χ2v) is 3.42. The zero-order valence-electron chi connectivity index (χ0n) is 9.78. The fraction of sp³-hybridized carbons (Fsp3) is 0.667. The fourth-order valence-corrected chi connectivity index (χ4v) is 0.938. The molecule has 1 heterocycles. The third kappa shape index (κ3) is 3.85. The molecule has 0 aliphatic carbocycles. The average Bonchev–Trinajstić information content (AvgIpc) is 2.70. The molecule has 0 fully saturated rings. The summed E-state index contributed by atoms with van der Waals surface area (Å²) in [6.45, 7) is 3.51. The van der Waals surface area contributed by atoms with Crippen LogP contribution in [-0.4, -0.2) is 48.2 Å². The summed E-state index contributed by atoms with van der Waals surface area (Å²) < 4.78 is 5.25. The molecule has 1 aromatic rings. The van der Waals surface area contributed by atoms with Crippen LogP contribution in [0.1, 0.15) is 12.8 Å². The molecule has 1 amide bonds. The van der Waals surface area contributed by atoms with Crippen LogP contribution in [0.25, 0.3) is 0 Å². The predicted octanol–water partition coefficient (Wildman–Crippen LogP) is -0.321. The monoisotopic (exact) mass is 227 g/mol. The highest BCUT2D eigenvalue weighted by molar-refractivity contribution is 5.79. The number of aromatic nitrogens is 2. The first-order valence-corrected chi connectivity index (χ1v) is 5.10. The van der Waals surface area contributed by atoms with Gasteiger partial charge in [-0.25, -0.2) is 0 Å². The summed E-state index contributed by atoms with van der Waals surface area (Å²) in [6, 6.07) is 0.267. The maximum absolute atomic E-state index is 11.3. The SMILES string of the molecule is CCNCc1nnc(NCC(=O)N(C)C)o1. The molecule has 2 N–H and O–H groups in total. The number of anilines is 1. The van der Waals surface area contributed by atoms with Gasteiger partial charge < -0.3 is 20.0 Å². The van der Waals surface area contributed by atoms with Crippen molar-refractivity contribution in [2.75, 3.05) is 32.5 Å². The lowest BCUT2D eigenvalue weighted by atomic mass is 10.5. The second-order valence-electron chi connectivity index (χ2n) is 3.42. The summed E-state index contributed by atoms with van der Waals surface area (Å²) in [7, 11) is 3.38. The number of nitrogens with zero attached hydrogens (tertiary/aromatic N) is 3. The van der Waals surface area contributed by atoms with Crippen LogP contribution in [0, 0.1) is 0 Å². The van der Waals surface area contributed by atoms with Gasteiger partial charge in [0.05, 0.1) is 13.1 Å². The standard InChI is InChI=1S/C9H17N5O2/c1-4-10-5-7-12-13-9(16-7)11-6-8(15)14(2)3/h10H,4-6H2,1-3H3,(H,11,13). The van der Waals surface area contributed by atoms with Crippen molar-refractivity contribution >= 4 is 11.9 Å². The Morgan fingerprint density at radius 1 is 1.44 bits per heavy atom. The van der Waals surface area contributed by atoms with Gasteiger partial charge >= 0.3 is 6.01 Å². The van der Waals surface area contributed by atoms with E-state index in [0.717, 1.165) is 6.54 Å². The highest BCUT2D eigenvalue weighted by Crippen LogP contribution is 2.04. The van der Waals surface area contributed by atoms with Gasteiger partial charge in [-0.1, -0.05) is 12.0 Å². The van der Waals surface area contributed by atoms with E-state index in [0.29, 0.717) is 12.4 Å².